The average molecular weight is 520 g/mol. The van der Waals surface area contributed by atoms with E-state index in [0.717, 1.165) is 5.75 Å². The molecule has 0 radical (unpaired) electrons. The van der Waals surface area contributed by atoms with Gasteiger partial charge < -0.3 is 20.3 Å². The second-order valence-electron chi connectivity index (χ2n) is 5.38. The van der Waals surface area contributed by atoms with Gasteiger partial charge in [-0.15, -0.1) is 37.1 Å². The molecule has 0 aliphatic rings. The molecule has 0 fully saturated rings. The van der Waals surface area contributed by atoms with E-state index in [9.17, 15) is 18.0 Å². The van der Waals surface area contributed by atoms with Crippen molar-refractivity contribution in [3.63, 3.8) is 0 Å². The van der Waals surface area contributed by atoms with Crippen molar-refractivity contribution in [1.29, 1.82) is 0 Å². The fraction of sp³-hybridized carbons (Fsp3) is 0.500. The highest BCUT2D eigenvalue weighted by molar-refractivity contribution is 14.0. The smallest absolute Gasteiger partial charge is 0.405 e. The molecule has 27 heavy (non-hydrogen) atoms. The molecule has 0 saturated carbocycles. The summed E-state index contributed by atoms with van der Waals surface area (Å²) in [5.74, 6) is 0.716. The summed E-state index contributed by atoms with van der Waals surface area (Å²) >= 11 is 1.63. The zero-order chi connectivity index (χ0) is 19.6. The molecule has 1 rings (SSSR count). The third-order valence-corrected chi connectivity index (χ3v) is 3.72. The van der Waals surface area contributed by atoms with Crippen LogP contribution in [0.3, 0.4) is 0 Å². The van der Waals surface area contributed by atoms with E-state index >= 15 is 0 Å². The molecule has 0 aliphatic heterocycles. The number of nitrogens with one attached hydrogen (secondary N) is 2. The number of carbonyl (C=O) groups is 1. The van der Waals surface area contributed by atoms with Crippen LogP contribution in [0, 0.1) is 0 Å². The van der Waals surface area contributed by atoms with Crippen LogP contribution in [0.4, 0.5) is 13.2 Å². The highest BCUT2D eigenvalue weighted by Crippen LogP contribution is 2.26. The number of likely N-dealkylation sites (N-methyl/N-ethyl adjacent to an activating group) is 1. The number of ether oxygens (including phenoxy) is 1. The van der Waals surface area contributed by atoms with Gasteiger partial charge in [0.1, 0.15) is 5.75 Å². The molecule has 0 aliphatic carbocycles. The van der Waals surface area contributed by atoms with E-state index in [4.69, 9.17) is 0 Å². The lowest BCUT2D eigenvalue weighted by Gasteiger charge is -2.15. The number of alkyl halides is 3. The number of benzene rings is 1. The number of thioether (sulfide) groups is 1. The minimum absolute atomic E-state index is 0. The van der Waals surface area contributed by atoms with Crippen molar-refractivity contribution in [3.05, 3.63) is 29.8 Å². The first-order valence-electron chi connectivity index (χ1n) is 7.78. The average Bonchev–Trinajstić information content (AvgIpc) is 2.56. The predicted octanol–water partition coefficient (Wildman–Crippen LogP) is 2.69. The molecule has 1 amide bonds. The molecule has 0 saturated heterocycles. The standard InChI is InChI=1S/C16H23F3N4O2S.HI/c1-23(2)14(24)11-22-15(20-8-9-26-3)21-10-12-6-4-5-7-13(12)25-16(17,18)19;/h4-7H,8-11H2,1-3H3,(H2,20,21,22);1H. The summed E-state index contributed by atoms with van der Waals surface area (Å²) in [5.41, 5.74) is 0.287. The van der Waals surface area contributed by atoms with Crippen molar-refractivity contribution in [2.24, 2.45) is 4.99 Å². The van der Waals surface area contributed by atoms with E-state index in [2.05, 4.69) is 20.4 Å². The molecule has 6 nitrogen and oxygen atoms in total. The fourth-order valence-electron chi connectivity index (χ4n) is 1.79. The third kappa shape index (κ3) is 11.2. The highest BCUT2D eigenvalue weighted by Gasteiger charge is 2.31. The van der Waals surface area contributed by atoms with Gasteiger partial charge in [0.2, 0.25) is 5.91 Å². The molecule has 11 heteroatoms. The highest BCUT2D eigenvalue weighted by atomic mass is 127. The molecule has 154 valence electrons. The van der Waals surface area contributed by atoms with E-state index in [1.54, 1.807) is 31.9 Å². The Hall–Kier alpha value is -1.37. The summed E-state index contributed by atoms with van der Waals surface area (Å²) in [6, 6.07) is 5.81. The molecule has 0 bridgehead atoms. The first-order valence-corrected chi connectivity index (χ1v) is 9.17. The van der Waals surface area contributed by atoms with Crippen molar-refractivity contribution < 1.29 is 22.7 Å². The second-order valence-corrected chi connectivity index (χ2v) is 6.37. The Morgan fingerprint density at radius 1 is 1.26 bits per heavy atom. The Morgan fingerprint density at radius 2 is 1.93 bits per heavy atom. The zero-order valence-electron chi connectivity index (χ0n) is 15.3. The van der Waals surface area contributed by atoms with Gasteiger partial charge in [0.05, 0.1) is 13.1 Å². The van der Waals surface area contributed by atoms with Crippen LogP contribution in [0.15, 0.2) is 29.3 Å². The molecule has 0 atom stereocenters. The van der Waals surface area contributed by atoms with Gasteiger partial charge in [-0.1, -0.05) is 18.2 Å². The van der Waals surface area contributed by atoms with Gasteiger partial charge in [-0.2, -0.15) is 11.8 Å². The van der Waals surface area contributed by atoms with E-state index in [1.165, 1.54) is 23.1 Å². The van der Waals surface area contributed by atoms with E-state index in [1.807, 2.05) is 6.26 Å². The Labute approximate surface area is 178 Å². The summed E-state index contributed by atoms with van der Waals surface area (Å²) < 4.78 is 41.5. The summed E-state index contributed by atoms with van der Waals surface area (Å²) in [7, 11) is 3.26. The maximum Gasteiger partial charge on any atom is 0.573 e. The van der Waals surface area contributed by atoms with Crippen molar-refractivity contribution in [2.45, 2.75) is 12.9 Å². The van der Waals surface area contributed by atoms with Crippen molar-refractivity contribution in [2.75, 3.05) is 39.2 Å². The number of halogens is 4. The second kappa shape index (κ2) is 12.9. The van der Waals surface area contributed by atoms with Crippen LogP contribution < -0.4 is 15.4 Å². The van der Waals surface area contributed by atoms with Crippen molar-refractivity contribution >= 4 is 47.6 Å². The fourth-order valence-corrected chi connectivity index (χ4v) is 2.09. The molecule has 0 heterocycles. The van der Waals surface area contributed by atoms with E-state index in [-0.39, 0.29) is 54.3 Å². The molecular weight excluding hydrogens is 496 g/mol. The summed E-state index contributed by atoms with van der Waals surface area (Å²) in [6.07, 6.45) is -2.82. The quantitative estimate of drug-likeness (QED) is 0.239. The zero-order valence-corrected chi connectivity index (χ0v) is 18.4. The van der Waals surface area contributed by atoms with Crippen molar-refractivity contribution in [3.8, 4) is 5.75 Å². The molecule has 0 aromatic heterocycles. The number of para-hydroxylation sites is 1. The van der Waals surface area contributed by atoms with Crippen LogP contribution in [0.25, 0.3) is 0 Å². The minimum atomic E-state index is -4.77. The largest absolute Gasteiger partial charge is 0.573 e. The van der Waals surface area contributed by atoms with Crippen LogP contribution in [0.5, 0.6) is 5.75 Å². The minimum Gasteiger partial charge on any atom is -0.405 e. The number of nitrogens with zero attached hydrogens (tertiary/aromatic N) is 2. The summed E-state index contributed by atoms with van der Waals surface area (Å²) in [4.78, 5) is 17.4. The van der Waals surface area contributed by atoms with Crippen LogP contribution >= 0.6 is 35.7 Å². The van der Waals surface area contributed by atoms with Gasteiger partial charge in [-0.3, -0.25) is 4.79 Å². The molecule has 0 spiro atoms. The van der Waals surface area contributed by atoms with Gasteiger partial charge in [0, 0.05) is 32.0 Å². The van der Waals surface area contributed by atoms with Crippen molar-refractivity contribution in [1.82, 2.24) is 15.5 Å². The van der Waals surface area contributed by atoms with Gasteiger partial charge >= 0.3 is 6.36 Å². The molecule has 1 aromatic rings. The van der Waals surface area contributed by atoms with E-state index < -0.39 is 6.36 Å². The molecule has 2 N–H and O–H groups in total. The first kappa shape index (κ1) is 25.6. The van der Waals surface area contributed by atoms with Crippen LogP contribution in [0.1, 0.15) is 5.56 Å². The SMILES string of the molecule is CSCCNC(=NCc1ccccc1OC(F)(F)F)NCC(=O)N(C)C.I. The van der Waals surface area contributed by atoms with Gasteiger partial charge in [0.15, 0.2) is 5.96 Å². The number of rotatable bonds is 8. The van der Waals surface area contributed by atoms with Gasteiger partial charge in [-0.25, -0.2) is 4.99 Å². The maximum absolute atomic E-state index is 12.5. The number of carbonyl (C=O) groups excluding carboxylic acids is 1. The lowest BCUT2D eigenvalue weighted by molar-refractivity contribution is -0.274. The molecule has 1 aromatic carbocycles. The molecule has 0 unspecified atom stereocenters. The number of aliphatic imine (C=N–C) groups is 1. The maximum atomic E-state index is 12.5. The number of guanidine groups is 1. The monoisotopic (exact) mass is 520 g/mol. The van der Waals surface area contributed by atoms with E-state index in [0.29, 0.717) is 12.5 Å². The molecular formula is C16H24F3IN4O2S. The lowest BCUT2D eigenvalue weighted by atomic mass is 10.2. The Bertz CT molecular complexity index is 616. The normalized spacial score (nSPS) is 11.4. The Morgan fingerprint density at radius 3 is 2.52 bits per heavy atom. The lowest BCUT2D eigenvalue weighted by Crippen LogP contribution is -2.43. The third-order valence-electron chi connectivity index (χ3n) is 3.11. The number of hydrogen-bond acceptors (Lipinski definition) is 4. The van der Waals surface area contributed by atoms with Crippen LogP contribution in [0.2, 0.25) is 0 Å². The summed E-state index contributed by atoms with van der Waals surface area (Å²) in [6.45, 7) is 0.597. The van der Waals surface area contributed by atoms with Gasteiger partial charge in [0.25, 0.3) is 0 Å². The van der Waals surface area contributed by atoms with Crippen LogP contribution in [-0.4, -0.2) is 62.3 Å². The summed E-state index contributed by atoms with van der Waals surface area (Å²) in [5, 5.41) is 5.91. The Kier molecular flexibility index (Phi) is 12.3. The Balaban J connectivity index is 0.00000676. The number of amides is 1. The first-order chi connectivity index (χ1) is 12.2. The topological polar surface area (TPSA) is 66.0 Å². The van der Waals surface area contributed by atoms with Gasteiger partial charge in [-0.05, 0) is 12.3 Å². The van der Waals surface area contributed by atoms with Crippen LogP contribution in [-0.2, 0) is 11.3 Å². The number of hydrogen-bond donors (Lipinski definition) is 2. The predicted molar refractivity (Wildman–Crippen MR) is 113 cm³/mol.